The van der Waals surface area contributed by atoms with Crippen LogP contribution in [-0.4, -0.2) is 5.78 Å². The first kappa shape index (κ1) is 14.0. The number of halogens is 3. The van der Waals surface area contributed by atoms with Crippen LogP contribution >= 0.6 is 47.8 Å². The predicted molar refractivity (Wildman–Crippen MR) is 84.8 cm³/mol. The third-order valence-corrected chi connectivity index (χ3v) is 3.86. The molecule has 0 aromatic heterocycles. The highest BCUT2D eigenvalue weighted by Crippen LogP contribution is 2.44. The number of benzene rings is 2. The Morgan fingerprint density at radius 3 is 2.06 bits per heavy atom. The van der Waals surface area contributed by atoms with Crippen LogP contribution in [0.4, 0.5) is 0 Å². The van der Waals surface area contributed by atoms with Crippen molar-refractivity contribution in [3.63, 3.8) is 0 Å². The van der Waals surface area contributed by atoms with Crippen molar-refractivity contribution in [2.45, 2.75) is 2.14 Å². The van der Waals surface area contributed by atoms with E-state index in [1.807, 2.05) is 54.6 Å². The molecule has 0 aliphatic heterocycles. The first-order valence-corrected chi connectivity index (χ1v) is 7.63. The molecule has 0 spiro atoms. The molecule has 0 saturated carbocycles. The molecule has 18 heavy (non-hydrogen) atoms. The van der Waals surface area contributed by atoms with E-state index in [4.69, 9.17) is 0 Å². The van der Waals surface area contributed by atoms with Gasteiger partial charge in [0.2, 0.25) is 0 Å². The van der Waals surface area contributed by atoms with E-state index in [1.165, 1.54) is 0 Å². The first-order chi connectivity index (χ1) is 8.48. The molecule has 0 heterocycles. The number of hydrogen-bond acceptors (Lipinski definition) is 1. The molecule has 0 saturated heterocycles. The lowest BCUT2D eigenvalue weighted by molar-refractivity contribution is 0.103. The number of rotatable bonds is 2. The van der Waals surface area contributed by atoms with Crippen LogP contribution in [0.2, 0.25) is 0 Å². The van der Waals surface area contributed by atoms with E-state index in [9.17, 15) is 4.79 Å². The molecular formula is C14H9Br3O. The van der Waals surface area contributed by atoms with Crippen LogP contribution in [0.5, 0.6) is 0 Å². The number of alkyl halides is 3. The molecule has 0 unspecified atom stereocenters. The van der Waals surface area contributed by atoms with Crippen molar-refractivity contribution in [3.8, 4) is 0 Å². The molecule has 0 atom stereocenters. The largest absolute Gasteiger partial charge is 0.289 e. The van der Waals surface area contributed by atoms with Gasteiger partial charge < -0.3 is 0 Å². The Bertz CT molecular complexity index is 559. The van der Waals surface area contributed by atoms with Gasteiger partial charge in [-0.15, -0.1) is 0 Å². The highest BCUT2D eigenvalue weighted by Gasteiger charge is 2.21. The lowest BCUT2D eigenvalue weighted by atomic mass is 10.0. The summed E-state index contributed by atoms with van der Waals surface area (Å²) in [6.45, 7) is 0. The molecular weight excluding hydrogens is 424 g/mol. The zero-order chi connectivity index (χ0) is 13.2. The van der Waals surface area contributed by atoms with E-state index in [0.717, 1.165) is 5.56 Å². The van der Waals surface area contributed by atoms with Crippen LogP contribution in [0, 0.1) is 0 Å². The number of carbonyl (C=O) groups excluding carboxylic acids is 1. The van der Waals surface area contributed by atoms with Gasteiger partial charge in [0.15, 0.2) is 7.93 Å². The molecule has 4 heteroatoms. The van der Waals surface area contributed by atoms with E-state index in [2.05, 4.69) is 47.8 Å². The fourth-order valence-corrected chi connectivity index (χ4v) is 2.33. The second kappa shape index (κ2) is 5.68. The van der Waals surface area contributed by atoms with Gasteiger partial charge in [-0.05, 0) is 11.6 Å². The minimum absolute atomic E-state index is 0.0224. The molecule has 0 fully saturated rings. The Kier molecular flexibility index (Phi) is 4.41. The van der Waals surface area contributed by atoms with E-state index < -0.39 is 2.14 Å². The molecule has 2 rings (SSSR count). The SMILES string of the molecule is O=C(c1ccccc1)c1cccc(C(Br)(Br)Br)c1. The van der Waals surface area contributed by atoms with Gasteiger partial charge in [-0.25, -0.2) is 0 Å². The normalized spacial score (nSPS) is 11.3. The van der Waals surface area contributed by atoms with Crippen molar-refractivity contribution >= 4 is 53.6 Å². The molecule has 2 aromatic carbocycles. The lowest BCUT2D eigenvalue weighted by Gasteiger charge is -2.13. The Morgan fingerprint density at radius 1 is 0.833 bits per heavy atom. The molecule has 0 aliphatic rings. The minimum atomic E-state index is -0.500. The maximum atomic E-state index is 12.3. The van der Waals surface area contributed by atoms with Gasteiger partial charge in [-0.2, -0.15) is 0 Å². The van der Waals surface area contributed by atoms with E-state index >= 15 is 0 Å². The van der Waals surface area contributed by atoms with Gasteiger partial charge >= 0.3 is 0 Å². The second-order valence-corrected chi connectivity index (χ2v) is 10.5. The van der Waals surface area contributed by atoms with E-state index in [-0.39, 0.29) is 5.78 Å². The molecule has 0 bridgehead atoms. The van der Waals surface area contributed by atoms with Crippen molar-refractivity contribution in [1.82, 2.24) is 0 Å². The topological polar surface area (TPSA) is 17.1 Å². The van der Waals surface area contributed by atoms with Crippen molar-refractivity contribution in [3.05, 3.63) is 71.3 Å². The fourth-order valence-electron chi connectivity index (χ4n) is 1.59. The van der Waals surface area contributed by atoms with Gasteiger partial charge in [0.1, 0.15) is 0 Å². The van der Waals surface area contributed by atoms with Gasteiger partial charge in [-0.3, -0.25) is 4.79 Å². The summed E-state index contributed by atoms with van der Waals surface area (Å²) >= 11 is 10.3. The van der Waals surface area contributed by atoms with Crippen LogP contribution in [0.1, 0.15) is 21.5 Å². The third-order valence-electron chi connectivity index (χ3n) is 2.49. The summed E-state index contributed by atoms with van der Waals surface area (Å²) in [6, 6.07) is 16.7. The van der Waals surface area contributed by atoms with E-state index in [1.54, 1.807) is 0 Å². The lowest BCUT2D eigenvalue weighted by Crippen LogP contribution is -2.04. The molecule has 0 amide bonds. The van der Waals surface area contributed by atoms with Crippen LogP contribution in [0.3, 0.4) is 0 Å². The van der Waals surface area contributed by atoms with Crippen molar-refractivity contribution in [1.29, 1.82) is 0 Å². The van der Waals surface area contributed by atoms with E-state index in [0.29, 0.717) is 11.1 Å². The quantitative estimate of drug-likeness (QED) is 0.470. The van der Waals surface area contributed by atoms with Gasteiger partial charge in [0.05, 0.1) is 0 Å². The zero-order valence-corrected chi connectivity index (χ0v) is 14.0. The standard InChI is InChI=1S/C14H9Br3O/c15-14(16,17)12-8-4-7-11(9-12)13(18)10-5-2-1-3-6-10/h1-9H. The highest BCUT2D eigenvalue weighted by molar-refractivity contribution is 9.38. The average Bonchev–Trinajstić information content (AvgIpc) is 2.38. The summed E-state index contributed by atoms with van der Waals surface area (Å²) < 4.78 is -0.500. The number of hydrogen-bond donors (Lipinski definition) is 0. The number of carbonyl (C=O) groups is 1. The maximum absolute atomic E-state index is 12.3. The van der Waals surface area contributed by atoms with Crippen LogP contribution in [-0.2, 0) is 2.14 Å². The molecule has 0 N–H and O–H groups in total. The van der Waals surface area contributed by atoms with Crippen molar-refractivity contribution in [2.75, 3.05) is 0 Å². The summed E-state index contributed by atoms with van der Waals surface area (Å²) in [5, 5.41) is 0. The minimum Gasteiger partial charge on any atom is -0.289 e. The monoisotopic (exact) mass is 430 g/mol. The van der Waals surface area contributed by atoms with Crippen molar-refractivity contribution in [2.24, 2.45) is 0 Å². The van der Waals surface area contributed by atoms with Gasteiger partial charge in [0, 0.05) is 11.1 Å². The number of ketones is 1. The molecule has 0 aliphatic carbocycles. The van der Waals surface area contributed by atoms with Crippen LogP contribution < -0.4 is 0 Å². The Balaban J connectivity index is 2.38. The van der Waals surface area contributed by atoms with Gasteiger partial charge in [-0.1, -0.05) is 96.3 Å². The zero-order valence-electron chi connectivity index (χ0n) is 9.24. The smallest absolute Gasteiger partial charge is 0.193 e. The predicted octanol–water partition coefficient (Wildman–Crippen LogP) is 5.21. The third kappa shape index (κ3) is 3.31. The highest BCUT2D eigenvalue weighted by atomic mass is 80.0. The molecule has 92 valence electrons. The average molecular weight is 433 g/mol. The second-order valence-electron chi connectivity index (χ2n) is 3.77. The molecule has 1 nitrogen and oxygen atoms in total. The maximum Gasteiger partial charge on any atom is 0.193 e. The first-order valence-electron chi connectivity index (χ1n) is 5.25. The Labute approximate surface area is 131 Å². The molecule has 2 aromatic rings. The van der Waals surface area contributed by atoms with Gasteiger partial charge in [0.25, 0.3) is 0 Å². The van der Waals surface area contributed by atoms with Crippen molar-refractivity contribution < 1.29 is 4.79 Å². The summed E-state index contributed by atoms with van der Waals surface area (Å²) in [5.74, 6) is 0.0224. The summed E-state index contributed by atoms with van der Waals surface area (Å²) in [7, 11) is 0. The Morgan fingerprint density at radius 2 is 1.44 bits per heavy atom. The fraction of sp³-hybridized carbons (Fsp3) is 0.0714. The molecule has 0 radical (unpaired) electrons. The summed E-state index contributed by atoms with van der Waals surface area (Å²) in [5.41, 5.74) is 2.30. The summed E-state index contributed by atoms with van der Waals surface area (Å²) in [6.07, 6.45) is 0. The van der Waals surface area contributed by atoms with Crippen LogP contribution in [0.25, 0.3) is 0 Å². The van der Waals surface area contributed by atoms with Crippen LogP contribution in [0.15, 0.2) is 54.6 Å². The summed E-state index contributed by atoms with van der Waals surface area (Å²) in [4.78, 5) is 12.3. The Hall–Kier alpha value is -0.450.